The van der Waals surface area contributed by atoms with Crippen LogP contribution in [0.2, 0.25) is 0 Å². The number of pyridine rings is 1. The van der Waals surface area contributed by atoms with Gasteiger partial charge in [0.05, 0.1) is 29.5 Å². The van der Waals surface area contributed by atoms with Gasteiger partial charge in [-0.1, -0.05) is 24.6 Å². The van der Waals surface area contributed by atoms with E-state index >= 15 is 0 Å². The van der Waals surface area contributed by atoms with Gasteiger partial charge in [0.25, 0.3) is 0 Å². The highest BCUT2D eigenvalue weighted by molar-refractivity contribution is 5.43. The Morgan fingerprint density at radius 3 is 2.67 bits per heavy atom. The summed E-state index contributed by atoms with van der Waals surface area (Å²) in [5.74, 6) is -0.209. The summed E-state index contributed by atoms with van der Waals surface area (Å²) in [4.78, 5) is 4.30. The summed E-state index contributed by atoms with van der Waals surface area (Å²) in [6.07, 6.45) is 8.46. The van der Waals surface area contributed by atoms with Gasteiger partial charge >= 0.3 is 0 Å². The fourth-order valence-corrected chi connectivity index (χ4v) is 3.28. The van der Waals surface area contributed by atoms with Gasteiger partial charge in [0.1, 0.15) is 5.82 Å². The van der Waals surface area contributed by atoms with Crippen molar-refractivity contribution in [3.63, 3.8) is 0 Å². The Kier molecular flexibility index (Phi) is 3.76. The second-order valence-electron chi connectivity index (χ2n) is 6.33. The van der Waals surface area contributed by atoms with Crippen LogP contribution in [-0.2, 0) is 5.41 Å². The highest BCUT2D eigenvalue weighted by atomic mass is 19.1. The van der Waals surface area contributed by atoms with E-state index in [-0.39, 0.29) is 11.2 Å². The molecular formula is C19H19FN4. The van der Waals surface area contributed by atoms with Crippen LogP contribution in [0.5, 0.6) is 0 Å². The van der Waals surface area contributed by atoms with Crippen molar-refractivity contribution in [2.45, 2.75) is 24.7 Å². The van der Waals surface area contributed by atoms with Crippen molar-refractivity contribution >= 4 is 5.69 Å². The Morgan fingerprint density at radius 1 is 1.12 bits per heavy atom. The molecule has 0 atom stereocenters. The number of benzene rings is 1. The van der Waals surface area contributed by atoms with E-state index in [9.17, 15) is 4.39 Å². The molecule has 0 radical (unpaired) electrons. The molecule has 1 saturated carbocycles. The average Bonchev–Trinajstić information content (AvgIpc) is 3.05. The summed E-state index contributed by atoms with van der Waals surface area (Å²) in [5, 5.41) is 7.80. The standard InChI is InChI=1S/C19H19FN4/c20-17-8-4-11-21-18(17)19(9-5-10-19)14-22-15-12-23-24(13-15)16-6-2-1-3-7-16/h1-4,6-8,11-13,22H,5,9-10,14H2. The molecule has 1 aliphatic carbocycles. The molecule has 0 aliphatic heterocycles. The molecule has 1 aromatic carbocycles. The molecule has 2 heterocycles. The lowest BCUT2D eigenvalue weighted by atomic mass is 9.66. The van der Waals surface area contributed by atoms with E-state index < -0.39 is 0 Å². The first-order chi connectivity index (χ1) is 11.8. The third-order valence-electron chi connectivity index (χ3n) is 4.81. The second-order valence-corrected chi connectivity index (χ2v) is 6.33. The zero-order valence-corrected chi connectivity index (χ0v) is 13.3. The molecule has 1 fully saturated rings. The van der Waals surface area contributed by atoms with Gasteiger partial charge in [-0.25, -0.2) is 9.07 Å². The number of aromatic nitrogens is 3. The molecular weight excluding hydrogens is 303 g/mol. The quantitative estimate of drug-likeness (QED) is 0.774. The SMILES string of the molecule is Fc1cccnc1C1(CNc2cnn(-c3ccccc3)c2)CCC1. The van der Waals surface area contributed by atoms with Gasteiger partial charge in [-0.05, 0) is 37.1 Å². The lowest BCUT2D eigenvalue weighted by Crippen LogP contribution is -2.42. The van der Waals surface area contributed by atoms with E-state index in [0.29, 0.717) is 12.2 Å². The first-order valence-electron chi connectivity index (χ1n) is 8.22. The van der Waals surface area contributed by atoms with Gasteiger partial charge < -0.3 is 5.32 Å². The van der Waals surface area contributed by atoms with Crippen molar-refractivity contribution in [2.24, 2.45) is 0 Å². The summed E-state index contributed by atoms with van der Waals surface area (Å²) in [6.45, 7) is 0.668. The molecule has 4 rings (SSSR count). The van der Waals surface area contributed by atoms with Crippen LogP contribution in [0, 0.1) is 5.82 Å². The summed E-state index contributed by atoms with van der Waals surface area (Å²) >= 11 is 0. The van der Waals surface area contributed by atoms with Crippen LogP contribution in [0.1, 0.15) is 25.0 Å². The summed E-state index contributed by atoms with van der Waals surface area (Å²) in [7, 11) is 0. The zero-order chi connectivity index (χ0) is 16.4. The minimum Gasteiger partial charge on any atom is -0.382 e. The second kappa shape index (κ2) is 6.07. The van der Waals surface area contributed by atoms with Crippen molar-refractivity contribution in [3.05, 3.63) is 72.6 Å². The highest BCUT2D eigenvalue weighted by Crippen LogP contribution is 2.43. The molecule has 0 saturated heterocycles. The maximum atomic E-state index is 14.2. The molecule has 4 nitrogen and oxygen atoms in total. The topological polar surface area (TPSA) is 42.7 Å². The van der Waals surface area contributed by atoms with Gasteiger partial charge in [-0.15, -0.1) is 0 Å². The van der Waals surface area contributed by atoms with Crippen molar-refractivity contribution in [2.75, 3.05) is 11.9 Å². The van der Waals surface area contributed by atoms with Crippen molar-refractivity contribution in [1.29, 1.82) is 0 Å². The van der Waals surface area contributed by atoms with Gasteiger partial charge in [0.2, 0.25) is 0 Å². The third-order valence-corrected chi connectivity index (χ3v) is 4.81. The van der Waals surface area contributed by atoms with E-state index in [0.717, 1.165) is 30.6 Å². The number of anilines is 1. The van der Waals surface area contributed by atoms with E-state index in [2.05, 4.69) is 15.4 Å². The van der Waals surface area contributed by atoms with Gasteiger partial charge in [-0.2, -0.15) is 5.10 Å². The number of rotatable bonds is 5. The zero-order valence-electron chi connectivity index (χ0n) is 13.3. The Hall–Kier alpha value is -2.69. The van der Waals surface area contributed by atoms with Crippen LogP contribution in [0.4, 0.5) is 10.1 Å². The predicted octanol–water partition coefficient (Wildman–Crippen LogP) is 3.94. The van der Waals surface area contributed by atoms with E-state index in [4.69, 9.17) is 0 Å². The molecule has 0 unspecified atom stereocenters. The van der Waals surface area contributed by atoms with Crippen molar-refractivity contribution < 1.29 is 4.39 Å². The summed E-state index contributed by atoms with van der Waals surface area (Å²) in [5.41, 5.74) is 2.32. The number of halogens is 1. The monoisotopic (exact) mass is 322 g/mol. The first-order valence-corrected chi connectivity index (χ1v) is 8.22. The van der Waals surface area contributed by atoms with Crippen LogP contribution in [0.25, 0.3) is 5.69 Å². The lowest BCUT2D eigenvalue weighted by molar-refractivity contribution is 0.243. The molecule has 2 aromatic heterocycles. The molecule has 122 valence electrons. The Morgan fingerprint density at radius 2 is 1.96 bits per heavy atom. The molecule has 1 aliphatic rings. The molecule has 24 heavy (non-hydrogen) atoms. The maximum absolute atomic E-state index is 14.2. The molecule has 5 heteroatoms. The van der Waals surface area contributed by atoms with E-state index in [1.807, 2.05) is 41.2 Å². The predicted molar refractivity (Wildman–Crippen MR) is 91.8 cm³/mol. The van der Waals surface area contributed by atoms with Gasteiger partial charge in [-0.3, -0.25) is 4.98 Å². The normalized spacial score (nSPS) is 15.7. The Balaban J connectivity index is 1.50. The number of nitrogens with one attached hydrogen (secondary N) is 1. The van der Waals surface area contributed by atoms with Crippen LogP contribution < -0.4 is 5.32 Å². The highest BCUT2D eigenvalue weighted by Gasteiger charge is 2.41. The van der Waals surface area contributed by atoms with Crippen molar-refractivity contribution in [1.82, 2.24) is 14.8 Å². The van der Waals surface area contributed by atoms with Crippen LogP contribution in [0.3, 0.4) is 0 Å². The molecule has 0 spiro atoms. The smallest absolute Gasteiger partial charge is 0.145 e. The van der Waals surface area contributed by atoms with Crippen LogP contribution in [-0.4, -0.2) is 21.3 Å². The average molecular weight is 322 g/mol. The maximum Gasteiger partial charge on any atom is 0.145 e. The van der Waals surface area contributed by atoms with Crippen LogP contribution in [0.15, 0.2) is 61.1 Å². The van der Waals surface area contributed by atoms with E-state index in [1.165, 1.54) is 6.07 Å². The van der Waals surface area contributed by atoms with Gasteiger partial charge in [0.15, 0.2) is 0 Å². The summed E-state index contributed by atoms with van der Waals surface area (Å²) < 4.78 is 16.0. The fourth-order valence-electron chi connectivity index (χ4n) is 3.28. The van der Waals surface area contributed by atoms with Gasteiger partial charge in [0, 0.05) is 18.2 Å². The first kappa shape index (κ1) is 14.9. The molecule has 1 N–H and O–H groups in total. The molecule has 0 amide bonds. The number of hydrogen-bond donors (Lipinski definition) is 1. The van der Waals surface area contributed by atoms with E-state index in [1.54, 1.807) is 18.5 Å². The van der Waals surface area contributed by atoms with Crippen molar-refractivity contribution in [3.8, 4) is 5.69 Å². The number of hydrogen-bond acceptors (Lipinski definition) is 3. The summed E-state index contributed by atoms with van der Waals surface area (Å²) in [6, 6.07) is 13.1. The Bertz CT molecular complexity index is 824. The minimum absolute atomic E-state index is 0.208. The largest absolute Gasteiger partial charge is 0.382 e. The van der Waals surface area contributed by atoms with Crippen LogP contribution >= 0.6 is 0 Å². The lowest BCUT2D eigenvalue weighted by Gasteiger charge is -2.41. The number of para-hydroxylation sites is 1. The number of nitrogens with zero attached hydrogens (tertiary/aromatic N) is 3. The molecule has 3 aromatic rings. The molecule has 0 bridgehead atoms. The fraction of sp³-hybridized carbons (Fsp3) is 0.263. The Labute approximate surface area is 140 Å². The minimum atomic E-state index is -0.209. The third kappa shape index (κ3) is 2.66.